The van der Waals surface area contributed by atoms with E-state index < -0.39 is 38.9 Å². The highest BCUT2D eigenvalue weighted by atomic mass is 32.2. The predicted molar refractivity (Wildman–Crippen MR) is 166 cm³/mol. The Balaban J connectivity index is 1.46. The van der Waals surface area contributed by atoms with Gasteiger partial charge < -0.3 is 10.2 Å². The first-order chi connectivity index (χ1) is 22.5. The first kappa shape index (κ1) is 34.7. The van der Waals surface area contributed by atoms with Crippen molar-refractivity contribution >= 4 is 33.3 Å². The third-order valence-corrected chi connectivity index (χ3v) is 9.12. The van der Waals surface area contributed by atoms with Gasteiger partial charge in [-0.15, -0.1) is 0 Å². The van der Waals surface area contributed by atoms with E-state index in [2.05, 4.69) is 30.1 Å². The van der Waals surface area contributed by atoms with E-state index in [1.807, 2.05) is 7.05 Å². The van der Waals surface area contributed by atoms with Crippen LogP contribution in [0.3, 0.4) is 0 Å². The lowest BCUT2D eigenvalue weighted by molar-refractivity contribution is -0.137. The van der Waals surface area contributed by atoms with E-state index in [0.717, 1.165) is 68.5 Å². The number of alkyl halides is 6. The standard InChI is InChI=1S/C31H29F6N7O3S/c1-20-3-8-23(17-27(20)41-29-39-12-10-26(40-29)24-18-38-11-9-25(24)30(32,33)34)44(48(46,47)31(35,36)37)28(45)22-6-4-21(5-7-22)19-43-15-13-42(2)14-16-43/h3-12,17-18H,13-16,19H2,1-2H3,(H,39,40,41). The zero-order chi connectivity index (χ0) is 34.9. The summed E-state index contributed by atoms with van der Waals surface area (Å²) in [6, 6.07) is 11.0. The second-order valence-electron chi connectivity index (χ2n) is 11.1. The predicted octanol–water partition coefficient (Wildman–Crippen LogP) is 5.85. The number of nitrogens with zero attached hydrogens (tertiary/aromatic N) is 6. The lowest BCUT2D eigenvalue weighted by Gasteiger charge is -2.32. The van der Waals surface area contributed by atoms with Crippen LogP contribution in [0.1, 0.15) is 27.0 Å². The molecule has 3 heterocycles. The Bertz CT molecular complexity index is 1900. The molecule has 254 valence electrons. The molecule has 5 rings (SSSR count). The molecule has 1 fully saturated rings. The summed E-state index contributed by atoms with van der Waals surface area (Å²) in [6.07, 6.45) is -1.60. The zero-order valence-electron chi connectivity index (χ0n) is 25.5. The number of halogens is 6. The summed E-state index contributed by atoms with van der Waals surface area (Å²) in [6.45, 7) is 5.44. The van der Waals surface area contributed by atoms with Gasteiger partial charge in [0.15, 0.2) is 0 Å². The van der Waals surface area contributed by atoms with E-state index >= 15 is 0 Å². The van der Waals surface area contributed by atoms with Crippen LogP contribution in [0.15, 0.2) is 73.2 Å². The second-order valence-corrected chi connectivity index (χ2v) is 12.9. The molecule has 10 nitrogen and oxygen atoms in total. The van der Waals surface area contributed by atoms with E-state index in [1.54, 1.807) is 12.1 Å². The van der Waals surface area contributed by atoms with Gasteiger partial charge in [0.25, 0.3) is 5.91 Å². The SMILES string of the molecule is Cc1ccc(N(C(=O)c2ccc(CN3CCN(C)CC3)cc2)S(=O)(=O)C(F)(F)F)cc1Nc1nccc(-c2cnccc2C(F)(F)F)n1. The number of nitrogens with one attached hydrogen (secondary N) is 1. The van der Waals surface area contributed by atoms with Crippen molar-refractivity contribution in [3.8, 4) is 11.3 Å². The first-order valence-corrected chi connectivity index (χ1v) is 15.9. The zero-order valence-corrected chi connectivity index (χ0v) is 26.4. The summed E-state index contributed by atoms with van der Waals surface area (Å²) in [7, 11) is -4.23. The quantitative estimate of drug-likeness (QED) is 0.227. The maximum Gasteiger partial charge on any atom is 0.517 e. The highest BCUT2D eigenvalue weighted by Gasteiger charge is 2.52. The Morgan fingerprint density at radius 3 is 2.27 bits per heavy atom. The van der Waals surface area contributed by atoms with Crippen LogP contribution in [0.4, 0.5) is 43.7 Å². The number of aromatic nitrogens is 3. The molecule has 1 aliphatic heterocycles. The molecule has 48 heavy (non-hydrogen) atoms. The molecule has 0 aliphatic carbocycles. The largest absolute Gasteiger partial charge is 0.517 e. The van der Waals surface area contributed by atoms with E-state index in [4.69, 9.17) is 0 Å². The van der Waals surface area contributed by atoms with Crippen LogP contribution in [0.2, 0.25) is 0 Å². The van der Waals surface area contributed by atoms with Gasteiger partial charge in [0.05, 0.1) is 16.9 Å². The van der Waals surface area contributed by atoms with Gasteiger partial charge in [0.1, 0.15) is 0 Å². The molecule has 0 radical (unpaired) electrons. The average molecular weight is 694 g/mol. The number of aryl methyl sites for hydroxylation is 1. The van der Waals surface area contributed by atoms with Gasteiger partial charge in [0.2, 0.25) is 5.95 Å². The minimum absolute atomic E-state index is 0.00965. The molecule has 1 saturated heterocycles. The van der Waals surface area contributed by atoms with E-state index in [9.17, 15) is 39.6 Å². The van der Waals surface area contributed by atoms with Crippen molar-refractivity contribution in [2.45, 2.75) is 25.2 Å². The Morgan fingerprint density at radius 1 is 0.938 bits per heavy atom. The molecule has 0 saturated carbocycles. The molecule has 17 heteroatoms. The molecule has 0 atom stereocenters. The number of carbonyl (C=O) groups excluding carboxylic acids is 1. The smallest absolute Gasteiger partial charge is 0.324 e. The van der Waals surface area contributed by atoms with Crippen molar-refractivity contribution in [2.24, 2.45) is 0 Å². The van der Waals surface area contributed by atoms with Crippen LogP contribution in [-0.4, -0.2) is 77.8 Å². The minimum Gasteiger partial charge on any atom is -0.324 e. The van der Waals surface area contributed by atoms with Crippen molar-refractivity contribution in [1.82, 2.24) is 24.8 Å². The maximum absolute atomic E-state index is 13.9. The Hall–Kier alpha value is -4.61. The lowest BCUT2D eigenvalue weighted by atomic mass is 10.1. The Labute approximate surface area is 272 Å². The van der Waals surface area contributed by atoms with Crippen LogP contribution in [0, 0.1) is 6.92 Å². The Kier molecular flexibility index (Phi) is 9.75. The number of benzene rings is 2. The molecule has 4 aromatic rings. The number of rotatable bonds is 8. The van der Waals surface area contributed by atoms with Gasteiger partial charge in [0, 0.05) is 68.1 Å². The van der Waals surface area contributed by atoms with E-state index in [0.29, 0.717) is 12.1 Å². The van der Waals surface area contributed by atoms with Gasteiger partial charge in [-0.25, -0.2) is 9.97 Å². The van der Waals surface area contributed by atoms with Gasteiger partial charge in [-0.3, -0.25) is 14.7 Å². The van der Waals surface area contributed by atoms with Crippen molar-refractivity contribution in [1.29, 1.82) is 0 Å². The topological polar surface area (TPSA) is 112 Å². The molecule has 0 unspecified atom stereocenters. The third kappa shape index (κ3) is 7.58. The van der Waals surface area contributed by atoms with Gasteiger partial charge in [-0.1, -0.05) is 18.2 Å². The normalized spacial score (nSPS) is 14.9. The number of pyridine rings is 1. The number of sulfonamides is 1. The fraction of sp³-hybridized carbons (Fsp3) is 0.290. The molecule has 1 aliphatic rings. The molecule has 2 aromatic carbocycles. The molecule has 2 aromatic heterocycles. The molecule has 0 spiro atoms. The van der Waals surface area contributed by atoms with Crippen LogP contribution >= 0.6 is 0 Å². The molecule has 0 bridgehead atoms. The molecule has 1 N–H and O–H groups in total. The summed E-state index contributed by atoms with van der Waals surface area (Å²) in [5, 5.41) is 2.71. The number of anilines is 3. The van der Waals surface area contributed by atoms with Crippen LogP contribution in [-0.2, 0) is 22.7 Å². The molecular weight excluding hydrogens is 664 g/mol. The minimum atomic E-state index is -6.24. The fourth-order valence-corrected chi connectivity index (χ4v) is 5.93. The van der Waals surface area contributed by atoms with Gasteiger partial charge >= 0.3 is 21.7 Å². The van der Waals surface area contributed by atoms with Crippen LogP contribution in [0.25, 0.3) is 11.3 Å². The monoisotopic (exact) mass is 693 g/mol. The van der Waals surface area contributed by atoms with E-state index in [-0.39, 0.29) is 32.8 Å². The first-order valence-electron chi connectivity index (χ1n) is 14.4. The summed E-state index contributed by atoms with van der Waals surface area (Å²) in [5.74, 6) is -1.69. The summed E-state index contributed by atoms with van der Waals surface area (Å²) in [4.78, 5) is 29.7. The summed E-state index contributed by atoms with van der Waals surface area (Å²) in [5.41, 5.74) is -7.13. The number of amides is 1. The number of likely N-dealkylation sites (N-methyl/N-ethyl adjacent to an activating group) is 1. The average Bonchev–Trinajstić information content (AvgIpc) is 3.03. The molecule has 1 amide bonds. The summed E-state index contributed by atoms with van der Waals surface area (Å²) >= 11 is 0. The number of hydrogen-bond donors (Lipinski definition) is 1. The molecular formula is C31H29F6N7O3S. The van der Waals surface area contributed by atoms with Gasteiger partial charge in [-0.2, -0.15) is 39.1 Å². The highest BCUT2D eigenvalue weighted by molar-refractivity contribution is 7.94. The van der Waals surface area contributed by atoms with Crippen molar-refractivity contribution in [3.63, 3.8) is 0 Å². The number of carbonyl (C=O) groups is 1. The third-order valence-electron chi connectivity index (χ3n) is 7.68. The van der Waals surface area contributed by atoms with Crippen LogP contribution < -0.4 is 9.62 Å². The maximum atomic E-state index is 13.9. The van der Waals surface area contributed by atoms with Crippen molar-refractivity contribution < 1.29 is 39.6 Å². The highest BCUT2D eigenvalue weighted by Crippen LogP contribution is 2.37. The Morgan fingerprint density at radius 2 is 1.62 bits per heavy atom. The lowest BCUT2D eigenvalue weighted by Crippen LogP contribution is -2.44. The van der Waals surface area contributed by atoms with Crippen LogP contribution in [0.5, 0.6) is 0 Å². The number of piperazine rings is 1. The fourth-order valence-electron chi connectivity index (χ4n) is 5.01. The number of hydrogen-bond acceptors (Lipinski definition) is 9. The van der Waals surface area contributed by atoms with E-state index in [1.165, 1.54) is 31.2 Å². The van der Waals surface area contributed by atoms with Crippen molar-refractivity contribution in [2.75, 3.05) is 42.8 Å². The van der Waals surface area contributed by atoms with Crippen molar-refractivity contribution in [3.05, 3.63) is 95.4 Å². The summed E-state index contributed by atoms with van der Waals surface area (Å²) < 4.78 is 108. The van der Waals surface area contributed by atoms with Gasteiger partial charge in [-0.05, 0) is 61.5 Å². The second kappa shape index (κ2) is 13.5.